The van der Waals surface area contributed by atoms with E-state index in [1.54, 1.807) is 43.5 Å². The highest BCUT2D eigenvalue weighted by atomic mass is 19.1. The molecule has 1 heterocycles. The SMILES string of the molecule is COc1ccc(C2=C(Nc3ccc(F)cc3)C(=O)N(c3ccc(C)cc3)C2=O)cc1. The van der Waals surface area contributed by atoms with Crippen LogP contribution in [0.5, 0.6) is 5.75 Å². The van der Waals surface area contributed by atoms with Gasteiger partial charge in [-0.1, -0.05) is 29.8 Å². The molecule has 0 saturated carbocycles. The molecule has 5 nitrogen and oxygen atoms in total. The van der Waals surface area contributed by atoms with Gasteiger partial charge in [0.25, 0.3) is 11.8 Å². The molecular weight excluding hydrogens is 383 g/mol. The molecule has 2 amide bonds. The third-order valence-corrected chi connectivity index (χ3v) is 4.87. The van der Waals surface area contributed by atoms with Gasteiger partial charge >= 0.3 is 0 Å². The van der Waals surface area contributed by atoms with Gasteiger partial charge in [-0.05, 0) is 61.0 Å². The number of nitrogens with one attached hydrogen (secondary N) is 1. The second-order valence-electron chi connectivity index (χ2n) is 6.89. The van der Waals surface area contributed by atoms with Crippen LogP contribution in [0.25, 0.3) is 5.57 Å². The standard InChI is InChI=1S/C24H19FN2O3/c1-15-3-11-19(12-4-15)27-23(28)21(16-5-13-20(30-2)14-6-16)22(24(27)29)26-18-9-7-17(25)8-10-18/h3-14,26H,1-2H3. The molecular formula is C24H19FN2O3. The monoisotopic (exact) mass is 402 g/mol. The van der Waals surface area contributed by atoms with E-state index in [1.807, 2.05) is 19.1 Å². The Kier molecular flexibility index (Phi) is 5.06. The van der Waals surface area contributed by atoms with Crippen molar-refractivity contribution >= 4 is 28.8 Å². The predicted molar refractivity (Wildman–Crippen MR) is 114 cm³/mol. The fourth-order valence-electron chi connectivity index (χ4n) is 3.28. The van der Waals surface area contributed by atoms with Crippen LogP contribution in [0.4, 0.5) is 15.8 Å². The average Bonchev–Trinajstić information content (AvgIpc) is 3.00. The summed E-state index contributed by atoms with van der Waals surface area (Å²) in [5, 5.41) is 3.01. The van der Waals surface area contributed by atoms with Crippen molar-refractivity contribution in [3.05, 3.63) is 95.4 Å². The maximum absolute atomic E-state index is 13.3. The topological polar surface area (TPSA) is 58.6 Å². The summed E-state index contributed by atoms with van der Waals surface area (Å²) in [6.07, 6.45) is 0. The van der Waals surface area contributed by atoms with Crippen LogP contribution in [0, 0.1) is 12.7 Å². The Labute approximate surface area is 173 Å². The largest absolute Gasteiger partial charge is 0.497 e. The zero-order valence-corrected chi connectivity index (χ0v) is 16.5. The number of ether oxygens (including phenoxy) is 1. The maximum Gasteiger partial charge on any atom is 0.282 e. The minimum atomic E-state index is -0.473. The molecule has 0 fully saturated rings. The number of hydrogen-bond acceptors (Lipinski definition) is 4. The molecule has 3 aromatic carbocycles. The Morgan fingerprint density at radius 1 is 0.833 bits per heavy atom. The van der Waals surface area contributed by atoms with Crippen LogP contribution in [0.15, 0.2) is 78.5 Å². The van der Waals surface area contributed by atoms with E-state index in [1.165, 1.54) is 24.3 Å². The quantitative estimate of drug-likeness (QED) is 0.637. The highest BCUT2D eigenvalue weighted by Crippen LogP contribution is 2.34. The van der Waals surface area contributed by atoms with Crippen LogP contribution in [0.3, 0.4) is 0 Å². The van der Waals surface area contributed by atoms with E-state index in [2.05, 4.69) is 5.32 Å². The number of rotatable bonds is 5. The van der Waals surface area contributed by atoms with Gasteiger partial charge in [-0.2, -0.15) is 0 Å². The molecule has 0 unspecified atom stereocenters. The smallest absolute Gasteiger partial charge is 0.282 e. The first-order valence-corrected chi connectivity index (χ1v) is 9.34. The molecule has 0 bridgehead atoms. The van der Waals surface area contributed by atoms with Gasteiger partial charge in [0.1, 0.15) is 17.3 Å². The molecule has 1 aliphatic heterocycles. The highest BCUT2D eigenvalue weighted by molar-refractivity contribution is 6.46. The van der Waals surface area contributed by atoms with Crippen molar-refractivity contribution in [3.8, 4) is 5.75 Å². The van der Waals surface area contributed by atoms with Crippen LogP contribution in [-0.2, 0) is 9.59 Å². The third kappa shape index (κ3) is 3.55. The molecule has 0 radical (unpaired) electrons. The van der Waals surface area contributed by atoms with Gasteiger partial charge in [-0.3, -0.25) is 9.59 Å². The van der Waals surface area contributed by atoms with E-state index in [4.69, 9.17) is 4.74 Å². The summed E-state index contributed by atoms with van der Waals surface area (Å²) < 4.78 is 18.5. The first-order valence-electron chi connectivity index (χ1n) is 9.34. The molecule has 1 N–H and O–H groups in total. The highest BCUT2D eigenvalue weighted by Gasteiger charge is 2.40. The van der Waals surface area contributed by atoms with Crippen LogP contribution < -0.4 is 15.0 Å². The van der Waals surface area contributed by atoms with E-state index < -0.39 is 11.8 Å². The van der Waals surface area contributed by atoms with Crippen LogP contribution in [-0.4, -0.2) is 18.9 Å². The lowest BCUT2D eigenvalue weighted by molar-refractivity contribution is -0.120. The van der Waals surface area contributed by atoms with Crippen molar-refractivity contribution in [1.82, 2.24) is 0 Å². The number of hydrogen-bond donors (Lipinski definition) is 1. The van der Waals surface area contributed by atoms with Gasteiger partial charge in [0, 0.05) is 5.69 Å². The fourth-order valence-corrected chi connectivity index (χ4v) is 3.28. The Bertz CT molecular complexity index is 1130. The number of anilines is 2. The molecule has 150 valence electrons. The molecule has 4 rings (SSSR count). The van der Waals surface area contributed by atoms with E-state index in [0.717, 1.165) is 10.5 Å². The summed E-state index contributed by atoms with van der Waals surface area (Å²) in [5.74, 6) is -0.655. The van der Waals surface area contributed by atoms with Crippen LogP contribution in [0.2, 0.25) is 0 Å². The number of amides is 2. The Balaban J connectivity index is 1.80. The third-order valence-electron chi connectivity index (χ3n) is 4.87. The number of carbonyl (C=O) groups excluding carboxylic acids is 2. The van der Waals surface area contributed by atoms with Gasteiger partial charge in [0.05, 0.1) is 18.4 Å². The Morgan fingerprint density at radius 2 is 1.47 bits per heavy atom. The van der Waals surface area contributed by atoms with Crippen molar-refractivity contribution in [3.63, 3.8) is 0 Å². The lowest BCUT2D eigenvalue weighted by Crippen LogP contribution is -2.32. The van der Waals surface area contributed by atoms with E-state index in [9.17, 15) is 14.0 Å². The second-order valence-corrected chi connectivity index (χ2v) is 6.89. The van der Waals surface area contributed by atoms with Crippen molar-refractivity contribution in [1.29, 1.82) is 0 Å². The van der Waals surface area contributed by atoms with Crippen LogP contribution >= 0.6 is 0 Å². The molecule has 6 heteroatoms. The van der Waals surface area contributed by atoms with Crippen molar-refractivity contribution < 1.29 is 18.7 Å². The minimum Gasteiger partial charge on any atom is -0.497 e. The maximum atomic E-state index is 13.3. The number of halogens is 1. The summed E-state index contributed by atoms with van der Waals surface area (Å²) in [7, 11) is 1.55. The zero-order chi connectivity index (χ0) is 21.3. The van der Waals surface area contributed by atoms with E-state index in [-0.39, 0.29) is 17.1 Å². The number of imide groups is 1. The summed E-state index contributed by atoms with van der Waals surface area (Å²) >= 11 is 0. The number of benzene rings is 3. The number of nitrogens with zero attached hydrogens (tertiary/aromatic N) is 1. The molecule has 30 heavy (non-hydrogen) atoms. The fraction of sp³-hybridized carbons (Fsp3) is 0.0833. The normalized spacial score (nSPS) is 13.8. The van der Waals surface area contributed by atoms with Gasteiger partial charge in [0.15, 0.2) is 0 Å². The Hall–Kier alpha value is -3.93. The zero-order valence-electron chi connectivity index (χ0n) is 16.5. The second kappa shape index (κ2) is 7.83. The number of aryl methyl sites for hydroxylation is 1. The van der Waals surface area contributed by atoms with Crippen LogP contribution in [0.1, 0.15) is 11.1 Å². The first-order chi connectivity index (χ1) is 14.5. The number of carbonyl (C=O) groups is 2. The summed E-state index contributed by atoms with van der Waals surface area (Å²) in [6, 6.07) is 19.7. The molecule has 0 aliphatic carbocycles. The van der Waals surface area contributed by atoms with Crippen molar-refractivity contribution in [2.45, 2.75) is 6.92 Å². The predicted octanol–water partition coefficient (Wildman–Crippen LogP) is 4.54. The molecule has 0 atom stereocenters. The molecule has 0 aromatic heterocycles. The van der Waals surface area contributed by atoms with Gasteiger partial charge in [-0.25, -0.2) is 9.29 Å². The van der Waals surface area contributed by atoms with Gasteiger partial charge < -0.3 is 10.1 Å². The van der Waals surface area contributed by atoms with Crippen molar-refractivity contribution in [2.24, 2.45) is 0 Å². The summed E-state index contributed by atoms with van der Waals surface area (Å²) in [5.41, 5.74) is 2.96. The lowest BCUT2D eigenvalue weighted by Gasteiger charge is -2.15. The van der Waals surface area contributed by atoms with E-state index >= 15 is 0 Å². The first kappa shape index (κ1) is 19.4. The number of methoxy groups -OCH3 is 1. The molecule has 0 spiro atoms. The van der Waals surface area contributed by atoms with Gasteiger partial charge in [0.2, 0.25) is 0 Å². The average molecular weight is 402 g/mol. The molecule has 0 saturated heterocycles. The van der Waals surface area contributed by atoms with E-state index in [0.29, 0.717) is 22.7 Å². The summed E-state index contributed by atoms with van der Waals surface area (Å²) in [6.45, 7) is 1.93. The lowest BCUT2D eigenvalue weighted by atomic mass is 10.0. The Morgan fingerprint density at radius 3 is 2.07 bits per heavy atom. The summed E-state index contributed by atoms with van der Waals surface area (Å²) in [4.78, 5) is 27.7. The van der Waals surface area contributed by atoms with Crippen molar-refractivity contribution in [2.75, 3.05) is 17.3 Å². The molecule has 1 aliphatic rings. The minimum absolute atomic E-state index is 0.136. The molecule has 3 aromatic rings. The van der Waals surface area contributed by atoms with Gasteiger partial charge in [-0.15, -0.1) is 0 Å².